The average molecular weight is 251 g/mol. The first-order valence-corrected chi connectivity index (χ1v) is 5.00. The highest BCUT2D eigenvalue weighted by molar-refractivity contribution is 5.79. The molecule has 1 unspecified atom stereocenters. The molecule has 1 N–H and O–H groups in total. The lowest BCUT2D eigenvalue weighted by Crippen LogP contribution is -2.42. The Hall–Kier alpha value is -1.57. The van der Waals surface area contributed by atoms with Crippen LogP contribution in [0.2, 0.25) is 0 Å². The number of halogens is 1. The van der Waals surface area contributed by atoms with Gasteiger partial charge in [-0.2, -0.15) is 4.91 Å². The van der Waals surface area contributed by atoms with Crippen LogP contribution in [0.25, 0.3) is 0 Å². The lowest BCUT2D eigenvalue weighted by atomic mass is 9.97. The lowest BCUT2D eigenvalue weighted by Gasteiger charge is -2.19. The topological polar surface area (TPSA) is 102 Å². The number of carbonyl (C=O) groups is 2. The number of hydrogen-bond donors (Lipinski definition) is 1. The zero-order valence-corrected chi connectivity index (χ0v) is 9.35. The van der Waals surface area contributed by atoms with Crippen molar-refractivity contribution in [3.63, 3.8) is 0 Å². The van der Waals surface area contributed by atoms with Crippen LogP contribution in [0.1, 0.15) is 26.2 Å². The molecule has 0 aromatic heterocycles. The van der Waals surface area contributed by atoms with E-state index in [-0.39, 0.29) is 25.9 Å². The van der Waals surface area contributed by atoms with Crippen molar-refractivity contribution in [3.05, 3.63) is 4.91 Å². The molecule has 17 heavy (non-hydrogen) atoms. The summed E-state index contributed by atoms with van der Waals surface area (Å²) in [6.45, 7) is 1.01. The molecule has 7 nitrogen and oxygen atoms in total. The van der Waals surface area contributed by atoms with Crippen LogP contribution in [-0.4, -0.2) is 35.8 Å². The fourth-order valence-corrected chi connectivity index (χ4v) is 1.18. The Labute approximate surface area is 96.8 Å². The molecule has 0 saturated heterocycles. The molecule has 0 aromatic carbocycles. The van der Waals surface area contributed by atoms with E-state index in [0.717, 1.165) is 0 Å². The Bertz CT molecular complexity index is 285. The van der Waals surface area contributed by atoms with E-state index in [9.17, 15) is 24.1 Å². The number of esters is 1. The second kappa shape index (κ2) is 7.66. The zero-order valence-electron chi connectivity index (χ0n) is 9.35. The van der Waals surface area contributed by atoms with Gasteiger partial charge in [-0.05, 0) is 19.8 Å². The molecule has 0 radical (unpaired) electrons. The fourth-order valence-electron chi connectivity index (χ4n) is 1.18. The van der Waals surface area contributed by atoms with E-state index in [2.05, 4.69) is 14.9 Å². The Kier molecular flexibility index (Phi) is 6.95. The van der Waals surface area contributed by atoms with Crippen molar-refractivity contribution in [2.24, 2.45) is 5.18 Å². The molecular formula is C9H14FNO6. The first kappa shape index (κ1) is 15.4. The molecule has 0 fully saturated rings. The molecule has 0 saturated carbocycles. The van der Waals surface area contributed by atoms with Crippen LogP contribution in [0.4, 0.5) is 4.53 Å². The van der Waals surface area contributed by atoms with Crippen LogP contribution in [0, 0.1) is 4.91 Å². The van der Waals surface area contributed by atoms with Crippen molar-refractivity contribution in [3.8, 4) is 0 Å². The zero-order chi connectivity index (χ0) is 13.3. The van der Waals surface area contributed by atoms with Crippen LogP contribution < -0.4 is 0 Å². The number of hydrogen-bond acceptors (Lipinski definition) is 7. The number of nitroso groups, excluding NO2 is 1. The summed E-state index contributed by atoms with van der Waals surface area (Å²) in [6, 6.07) is 0. The smallest absolute Gasteiger partial charge is 0.382 e. The molecule has 0 aliphatic rings. The van der Waals surface area contributed by atoms with Crippen molar-refractivity contribution in [1.29, 1.82) is 0 Å². The summed E-state index contributed by atoms with van der Waals surface area (Å²) in [5.74, 6) is -2.11. The van der Waals surface area contributed by atoms with E-state index in [0.29, 0.717) is 0 Å². The van der Waals surface area contributed by atoms with Crippen molar-refractivity contribution in [2.75, 3.05) is 13.2 Å². The minimum Gasteiger partial charge on any atom is -0.466 e. The molecule has 0 rings (SSSR count). The van der Waals surface area contributed by atoms with Crippen LogP contribution in [0.5, 0.6) is 0 Å². The van der Waals surface area contributed by atoms with Crippen LogP contribution in [-0.2, 0) is 19.3 Å². The molecule has 0 aliphatic heterocycles. The minimum atomic E-state index is -2.33. The van der Waals surface area contributed by atoms with Gasteiger partial charge >= 0.3 is 11.9 Å². The number of aliphatic hydroxyl groups is 1. The number of nitrogens with zero attached hydrogens (tertiary/aromatic N) is 1. The quantitative estimate of drug-likeness (QED) is 0.501. The first-order chi connectivity index (χ1) is 8.00. The predicted molar refractivity (Wildman–Crippen MR) is 53.3 cm³/mol. The number of rotatable bonds is 8. The van der Waals surface area contributed by atoms with Gasteiger partial charge in [0.05, 0.1) is 6.61 Å². The maximum atomic E-state index is 11.7. The third-order valence-electron chi connectivity index (χ3n) is 2.05. The van der Waals surface area contributed by atoms with Crippen LogP contribution in [0.3, 0.4) is 0 Å². The van der Waals surface area contributed by atoms with Gasteiger partial charge in [-0.25, -0.2) is 4.79 Å². The van der Waals surface area contributed by atoms with Crippen molar-refractivity contribution in [2.45, 2.75) is 31.8 Å². The number of ether oxygens (including phenoxy) is 1. The first-order valence-electron chi connectivity index (χ1n) is 5.00. The molecule has 0 aromatic rings. The highest BCUT2D eigenvalue weighted by Crippen LogP contribution is 2.17. The summed E-state index contributed by atoms with van der Waals surface area (Å²) in [5.41, 5.74) is -2.33. The molecule has 0 amide bonds. The summed E-state index contributed by atoms with van der Waals surface area (Å²) in [5, 5.41) is 11.9. The SMILES string of the molecule is CCOC(=O)CCCC(O)(CN=O)C(=O)OF. The summed E-state index contributed by atoms with van der Waals surface area (Å²) < 4.78 is 16.3. The molecule has 8 heteroatoms. The molecule has 0 spiro atoms. The van der Waals surface area contributed by atoms with Crippen molar-refractivity contribution >= 4 is 11.9 Å². The van der Waals surface area contributed by atoms with Crippen molar-refractivity contribution in [1.82, 2.24) is 0 Å². The summed E-state index contributed by atoms with van der Waals surface area (Å²) >= 11 is 0. The maximum Gasteiger partial charge on any atom is 0.382 e. The standard InChI is InChI=1S/C9H14FNO6/c1-2-16-7(12)4-3-5-9(14,6-11-15)8(13)17-10/h14H,2-6H2,1H3. The molecule has 0 bridgehead atoms. The van der Waals surface area contributed by atoms with Crippen molar-refractivity contribution < 1.29 is 28.9 Å². The van der Waals surface area contributed by atoms with Crippen LogP contribution >= 0.6 is 0 Å². The van der Waals surface area contributed by atoms with E-state index in [1.54, 1.807) is 6.92 Å². The Balaban J connectivity index is 4.22. The van der Waals surface area contributed by atoms with Gasteiger partial charge in [0.15, 0.2) is 5.60 Å². The highest BCUT2D eigenvalue weighted by atomic mass is 19.3. The normalized spacial score (nSPS) is 13.6. The summed E-state index contributed by atoms with van der Waals surface area (Å²) in [4.78, 5) is 34.7. The molecule has 0 aliphatic carbocycles. The van der Waals surface area contributed by atoms with E-state index in [1.165, 1.54) is 0 Å². The molecular weight excluding hydrogens is 237 g/mol. The van der Waals surface area contributed by atoms with E-state index in [4.69, 9.17) is 0 Å². The monoisotopic (exact) mass is 251 g/mol. The molecule has 1 atom stereocenters. The van der Waals surface area contributed by atoms with Crippen LogP contribution in [0.15, 0.2) is 5.18 Å². The molecule has 98 valence electrons. The average Bonchev–Trinajstić information content (AvgIpc) is 2.28. The minimum absolute atomic E-state index is 0.0416. The van der Waals surface area contributed by atoms with Gasteiger partial charge in [-0.1, -0.05) is 5.18 Å². The third-order valence-corrected chi connectivity index (χ3v) is 2.05. The van der Waals surface area contributed by atoms with Gasteiger partial charge in [0, 0.05) is 10.9 Å². The van der Waals surface area contributed by atoms with E-state index >= 15 is 0 Å². The van der Waals surface area contributed by atoms with E-state index in [1.807, 2.05) is 0 Å². The van der Waals surface area contributed by atoms with Gasteiger partial charge < -0.3 is 9.84 Å². The lowest BCUT2D eigenvalue weighted by molar-refractivity contribution is -0.205. The second-order valence-electron chi connectivity index (χ2n) is 3.34. The molecule has 0 heterocycles. The van der Waals surface area contributed by atoms with Gasteiger partial charge in [0.25, 0.3) is 0 Å². The number of carbonyl (C=O) groups excluding carboxylic acids is 2. The third kappa shape index (κ3) is 5.34. The van der Waals surface area contributed by atoms with E-state index < -0.39 is 24.1 Å². The maximum absolute atomic E-state index is 11.7. The largest absolute Gasteiger partial charge is 0.466 e. The summed E-state index contributed by atoms with van der Waals surface area (Å²) in [6.07, 6.45) is -0.338. The van der Waals surface area contributed by atoms with Gasteiger partial charge in [0.2, 0.25) is 0 Å². The Morgan fingerprint density at radius 1 is 1.47 bits per heavy atom. The van der Waals surface area contributed by atoms with Gasteiger partial charge in [-0.3, -0.25) is 9.74 Å². The fraction of sp³-hybridized carbons (Fsp3) is 0.778. The second-order valence-corrected chi connectivity index (χ2v) is 3.34. The Morgan fingerprint density at radius 2 is 2.12 bits per heavy atom. The predicted octanol–water partition coefficient (Wildman–Crippen LogP) is 0.645. The van der Waals surface area contributed by atoms with Gasteiger partial charge in [0.1, 0.15) is 6.54 Å². The Morgan fingerprint density at radius 3 is 2.59 bits per heavy atom. The highest BCUT2D eigenvalue weighted by Gasteiger charge is 2.39. The summed E-state index contributed by atoms with van der Waals surface area (Å²) in [7, 11) is 0. The van der Waals surface area contributed by atoms with Gasteiger partial charge in [-0.15, -0.1) is 0 Å².